The lowest BCUT2D eigenvalue weighted by atomic mass is 10.1. The first-order valence-corrected chi connectivity index (χ1v) is 9.70. The summed E-state index contributed by atoms with van der Waals surface area (Å²) in [4.78, 5) is 16.8. The molecule has 6 nitrogen and oxygen atoms in total. The van der Waals surface area contributed by atoms with Gasteiger partial charge in [0.05, 0.1) is 30.3 Å². The summed E-state index contributed by atoms with van der Waals surface area (Å²) in [7, 11) is 1.64. The number of carbonyl (C=O) groups is 1. The average Bonchev–Trinajstić information content (AvgIpc) is 3.30. The molecule has 2 aromatic carbocycles. The number of ether oxygens (including phenoxy) is 1. The summed E-state index contributed by atoms with van der Waals surface area (Å²) in [5, 5.41) is 7.34. The molecule has 4 aromatic rings. The Morgan fingerprint density at radius 2 is 1.80 bits per heavy atom. The largest absolute Gasteiger partial charge is 0.497 e. The summed E-state index contributed by atoms with van der Waals surface area (Å²) in [6.07, 6.45) is 6.05. The third-order valence-corrected chi connectivity index (χ3v) is 4.78. The van der Waals surface area contributed by atoms with Crippen LogP contribution in [0.1, 0.15) is 15.9 Å². The van der Waals surface area contributed by atoms with Crippen molar-refractivity contribution in [2.75, 3.05) is 13.7 Å². The van der Waals surface area contributed by atoms with Crippen LogP contribution in [-0.4, -0.2) is 34.3 Å². The summed E-state index contributed by atoms with van der Waals surface area (Å²) < 4.78 is 6.96. The lowest BCUT2D eigenvalue weighted by Gasteiger charge is -2.06. The zero-order chi connectivity index (χ0) is 20.8. The monoisotopic (exact) mass is 398 g/mol. The predicted molar refractivity (Wildman–Crippen MR) is 116 cm³/mol. The molecule has 6 heteroatoms. The smallest absolute Gasteiger partial charge is 0.252 e. The van der Waals surface area contributed by atoms with Gasteiger partial charge < -0.3 is 10.1 Å². The molecule has 1 amide bonds. The van der Waals surface area contributed by atoms with E-state index in [1.54, 1.807) is 30.3 Å². The molecule has 0 atom stereocenters. The first-order chi connectivity index (χ1) is 14.7. The minimum Gasteiger partial charge on any atom is -0.497 e. The molecule has 2 aromatic heterocycles. The molecule has 0 fully saturated rings. The first-order valence-electron chi connectivity index (χ1n) is 9.70. The van der Waals surface area contributed by atoms with Crippen LogP contribution in [0.25, 0.3) is 16.9 Å². The van der Waals surface area contributed by atoms with Crippen LogP contribution < -0.4 is 10.1 Å². The van der Waals surface area contributed by atoms with Gasteiger partial charge in [0.1, 0.15) is 5.75 Å². The Hall–Kier alpha value is -3.93. The summed E-state index contributed by atoms with van der Waals surface area (Å²) in [6, 6.07) is 21.3. The Balaban J connectivity index is 1.38. The van der Waals surface area contributed by atoms with Gasteiger partial charge in [0.15, 0.2) is 0 Å². The highest BCUT2D eigenvalue weighted by molar-refractivity contribution is 5.94. The molecule has 4 rings (SSSR count). The second kappa shape index (κ2) is 9.05. The number of methoxy groups -OCH3 is 1. The predicted octanol–water partition coefficient (Wildman–Crippen LogP) is 3.92. The Morgan fingerprint density at radius 1 is 1.00 bits per heavy atom. The van der Waals surface area contributed by atoms with Crippen molar-refractivity contribution in [1.82, 2.24) is 20.1 Å². The number of carbonyl (C=O) groups excluding carboxylic acids is 1. The van der Waals surface area contributed by atoms with E-state index >= 15 is 0 Å². The van der Waals surface area contributed by atoms with Crippen LogP contribution in [0.15, 0.2) is 85.3 Å². The molecule has 1 N–H and O–H groups in total. The van der Waals surface area contributed by atoms with Gasteiger partial charge in [0.25, 0.3) is 5.91 Å². The minimum absolute atomic E-state index is 0.126. The maximum atomic E-state index is 12.3. The molecular weight excluding hydrogens is 376 g/mol. The van der Waals surface area contributed by atoms with Gasteiger partial charge in [-0.25, -0.2) is 4.68 Å². The minimum atomic E-state index is -0.126. The van der Waals surface area contributed by atoms with Crippen molar-refractivity contribution in [3.05, 3.63) is 96.4 Å². The molecule has 0 bridgehead atoms. The van der Waals surface area contributed by atoms with E-state index in [4.69, 9.17) is 4.74 Å². The van der Waals surface area contributed by atoms with E-state index in [9.17, 15) is 4.79 Å². The summed E-state index contributed by atoms with van der Waals surface area (Å²) in [5.41, 5.74) is 4.29. The highest BCUT2D eigenvalue weighted by Gasteiger charge is 2.09. The summed E-state index contributed by atoms with van der Waals surface area (Å²) in [5.74, 6) is 0.671. The van der Waals surface area contributed by atoms with Gasteiger partial charge in [-0.15, -0.1) is 0 Å². The van der Waals surface area contributed by atoms with Crippen LogP contribution in [0, 0.1) is 0 Å². The number of rotatable bonds is 7. The molecule has 0 unspecified atom stereocenters. The third-order valence-electron chi connectivity index (χ3n) is 4.78. The lowest BCUT2D eigenvalue weighted by Crippen LogP contribution is -2.25. The number of aromatic nitrogens is 3. The Bertz CT molecular complexity index is 1100. The number of amides is 1. The van der Waals surface area contributed by atoms with Gasteiger partial charge in [0, 0.05) is 24.5 Å². The van der Waals surface area contributed by atoms with Gasteiger partial charge in [-0.3, -0.25) is 9.78 Å². The molecule has 0 spiro atoms. The van der Waals surface area contributed by atoms with Crippen LogP contribution in [0.5, 0.6) is 5.75 Å². The molecule has 0 aliphatic carbocycles. The number of benzene rings is 2. The number of nitrogens with one attached hydrogen (secondary N) is 1. The number of nitrogens with zero attached hydrogens (tertiary/aromatic N) is 3. The van der Waals surface area contributed by atoms with Crippen LogP contribution in [0.2, 0.25) is 0 Å². The number of hydrogen-bond acceptors (Lipinski definition) is 4. The van der Waals surface area contributed by atoms with Crippen molar-refractivity contribution in [2.45, 2.75) is 6.42 Å². The fourth-order valence-electron chi connectivity index (χ4n) is 3.10. The van der Waals surface area contributed by atoms with Crippen molar-refractivity contribution in [2.24, 2.45) is 0 Å². The van der Waals surface area contributed by atoms with E-state index in [1.807, 2.05) is 54.7 Å². The highest BCUT2D eigenvalue weighted by atomic mass is 16.5. The highest BCUT2D eigenvalue weighted by Crippen LogP contribution is 2.20. The normalized spacial score (nSPS) is 10.6. The van der Waals surface area contributed by atoms with Crippen molar-refractivity contribution >= 4 is 5.91 Å². The molecule has 2 heterocycles. The Morgan fingerprint density at radius 3 is 2.50 bits per heavy atom. The van der Waals surface area contributed by atoms with Gasteiger partial charge in [-0.1, -0.05) is 30.3 Å². The molecule has 0 aliphatic rings. The van der Waals surface area contributed by atoms with E-state index in [-0.39, 0.29) is 5.91 Å². The Labute approximate surface area is 175 Å². The van der Waals surface area contributed by atoms with Crippen molar-refractivity contribution in [3.63, 3.8) is 0 Å². The van der Waals surface area contributed by atoms with Crippen LogP contribution in [0.4, 0.5) is 0 Å². The van der Waals surface area contributed by atoms with E-state index in [0.717, 1.165) is 29.1 Å². The topological polar surface area (TPSA) is 69.0 Å². The zero-order valence-corrected chi connectivity index (χ0v) is 16.7. The van der Waals surface area contributed by atoms with E-state index in [0.29, 0.717) is 12.1 Å². The maximum Gasteiger partial charge on any atom is 0.252 e. The standard InChI is InChI=1S/C24H22N4O2/c1-30-22-10-8-21(9-11-22)28-17-20(16-27-28)23-12-7-19(15-26-23)24(29)25-14-13-18-5-3-2-4-6-18/h2-12,15-17H,13-14H2,1H3,(H,25,29). The van der Waals surface area contributed by atoms with E-state index in [1.165, 1.54) is 5.56 Å². The second-order valence-corrected chi connectivity index (χ2v) is 6.80. The molecule has 150 valence electrons. The van der Waals surface area contributed by atoms with Gasteiger partial charge in [-0.2, -0.15) is 5.10 Å². The second-order valence-electron chi connectivity index (χ2n) is 6.80. The molecule has 0 aliphatic heterocycles. The molecule has 0 radical (unpaired) electrons. The van der Waals surface area contributed by atoms with Crippen LogP contribution in [-0.2, 0) is 6.42 Å². The first kappa shape index (κ1) is 19.4. The van der Waals surface area contributed by atoms with Gasteiger partial charge in [0.2, 0.25) is 0 Å². The molecule has 30 heavy (non-hydrogen) atoms. The quantitative estimate of drug-likeness (QED) is 0.512. The fraction of sp³-hybridized carbons (Fsp3) is 0.125. The Kier molecular flexibility index (Phi) is 5.85. The van der Waals surface area contributed by atoms with Crippen molar-refractivity contribution in [1.29, 1.82) is 0 Å². The van der Waals surface area contributed by atoms with Crippen molar-refractivity contribution < 1.29 is 9.53 Å². The third kappa shape index (κ3) is 4.55. The molecule has 0 saturated heterocycles. The lowest BCUT2D eigenvalue weighted by molar-refractivity contribution is 0.0954. The SMILES string of the molecule is COc1ccc(-n2cc(-c3ccc(C(=O)NCCc4ccccc4)cn3)cn2)cc1. The average molecular weight is 398 g/mol. The van der Waals surface area contributed by atoms with Gasteiger partial charge >= 0.3 is 0 Å². The van der Waals surface area contributed by atoms with Gasteiger partial charge in [-0.05, 0) is 48.4 Å². The number of pyridine rings is 1. The van der Waals surface area contributed by atoms with Crippen LogP contribution >= 0.6 is 0 Å². The molecular formula is C24H22N4O2. The summed E-state index contributed by atoms with van der Waals surface area (Å²) >= 11 is 0. The number of hydrogen-bond donors (Lipinski definition) is 1. The maximum absolute atomic E-state index is 12.3. The van der Waals surface area contributed by atoms with E-state index < -0.39 is 0 Å². The van der Waals surface area contributed by atoms with E-state index in [2.05, 4.69) is 27.5 Å². The summed E-state index contributed by atoms with van der Waals surface area (Å²) in [6.45, 7) is 0.583. The fourth-order valence-corrected chi connectivity index (χ4v) is 3.10. The molecule has 0 saturated carbocycles. The zero-order valence-electron chi connectivity index (χ0n) is 16.7. The van der Waals surface area contributed by atoms with Crippen molar-refractivity contribution in [3.8, 4) is 22.7 Å². The van der Waals surface area contributed by atoms with Crippen LogP contribution in [0.3, 0.4) is 0 Å².